The van der Waals surface area contributed by atoms with Crippen LogP contribution in [0.1, 0.15) is 12.5 Å². The number of hydrogen-bond donors (Lipinski definition) is 0. The Morgan fingerprint density at radius 1 is 1.15 bits per heavy atom. The van der Waals surface area contributed by atoms with Crippen molar-refractivity contribution in [2.24, 2.45) is 0 Å². The van der Waals surface area contributed by atoms with Crippen LogP contribution in [0.25, 0.3) is 5.57 Å². The third-order valence-corrected chi connectivity index (χ3v) is 1.78. The van der Waals surface area contributed by atoms with Crippen molar-refractivity contribution in [3.8, 4) is 0 Å². The molecule has 0 aromatic heterocycles. The molecule has 0 nitrogen and oxygen atoms in total. The normalized spacial score (nSPS) is 11.4. The molecule has 1 aromatic carbocycles. The summed E-state index contributed by atoms with van der Waals surface area (Å²) in [7, 11) is 0. The van der Waals surface area contributed by atoms with E-state index in [0.717, 1.165) is 23.3 Å². The van der Waals surface area contributed by atoms with Crippen molar-refractivity contribution in [1.29, 1.82) is 0 Å². The first kappa shape index (κ1) is 9.90. The highest BCUT2D eigenvalue weighted by molar-refractivity contribution is 6.73. The van der Waals surface area contributed by atoms with Gasteiger partial charge in [0.05, 0.1) is 0 Å². The number of benzene rings is 1. The van der Waals surface area contributed by atoms with Gasteiger partial charge in [0.15, 0.2) is 0 Å². The third-order valence-electron chi connectivity index (χ3n) is 1.78. The van der Waals surface area contributed by atoms with Crippen molar-refractivity contribution in [1.82, 2.24) is 0 Å². The zero-order chi connectivity index (χ0) is 10.1. The lowest BCUT2D eigenvalue weighted by Crippen LogP contribution is -2.33. The van der Waals surface area contributed by atoms with Crippen molar-refractivity contribution in [3.05, 3.63) is 36.4 Å². The molecule has 0 aliphatic rings. The standard InChI is InChI=1S/C9H9BF3/c1-7(2)8-3-5-9(6-4-8)10(11,12)13/h3-6H,1H2,2H3/q-1. The topological polar surface area (TPSA) is 0 Å². The van der Waals surface area contributed by atoms with Crippen LogP contribution >= 0.6 is 0 Å². The van der Waals surface area contributed by atoms with Gasteiger partial charge < -0.3 is 12.9 Å². The predicted molar refractivity (Wildman–Crippen MR) is 49.9 cm³/mol. The van der Waals surface area contributed by atoms with E-state index < -0.39 is 12.4 Å². The molecule has 0 bridgehead atoms. The molecule has 0 saturated carbocycles. The Balaban J connectivity index is 3.01. The molecule has 0 aliphatic heterocycles. The van der Waals surface area contributed by atoms with Crippen LogP contribution in [-0.4, -0.2) is 6.98 Å². The molecular weight excluding hydrogens is 176 g/mol. The zero-order valence-electron chi connectivity index (χ0n) is 7.23. The molecule has 13 heavy (non-hydrogen) atoms. The molecule has 0 fully saturated rings. The lowest BCUT2D eigenvalue weighted by molar-refractivity contribution is 0.501. The lowest BCUT2D eigenvalue weighted by atomic mass is 9.80. The number of halogens is 3. The number of hydrogen-bond acceptors (Lipinski definition) is 0. The summed E-state index contributed by atoms with van der Waals surface area (Å²) in [5.41, 5.74) is 0.940. The van der Waals surface area contributed by atoms with Crippen LogP contribution in [0.5, 0.6) is 0 Å². The Morgan fingerprint density at radius 3 is 1.92 bits per heavy atom. The first-order valence-corrected chi connectivity index (χ1v) is 3.87. The fourth-order valence-corrected chi connectivity index (χ4v) is 0.986. The molecule has 0 unspecified atom stereocenters. The van der Waals surface area contributed by atoms with E-state index in [4.69, 9.17) is 0 Å². The summed E-state index contributed by atoms with van der Waals surface area (Å²) in [6.07, 6.45) is 0. The van der Waals surface area contributed by atoms with Gasteiger partial charge >= 0.3 is 6.98 Å². The summed E-state index contributed by atoms with van der Waals surface area (Å²) < 4.78 is 36.5. The van der Waals surface area contributed by atoms with Gasteiger partial charge in [0.2, 0.25) is 0 Å². The van der Waals surface area contributed by atoms with Crippen LogP contribution in [0.2, 0.25) is 0 Å². The average molecular weight is 185 g/mol. The van der Waals surface area contributed by atoms with E-state index >= 15 is 0 Å². The largest absolute Gasteiger partial charge is 0.509 e. The summed E-state index contributed by atoms with van der Waals surface area (Å²) in [6.45, 7) is 0.528. The van der Waals surface area contributed by atoms with E-state index in [9.17, 15) is 12.9 Å². The first-order chi connectivity index (χ1) is 5.91. The van der Waals surface area contributed by atoms with Gasteiger partial charge in [0.1, 0.15) is 0 Å². The molecule has 0 heterocycles. The van der Waals surface area contributed by atoms with Crippen molar-refractivity contribution < 1.29 is 12.9 Å². The summed E-state index contributed by atoms with van der Waals surface area (Å²) in [4.78, 5) is 0. The van der Waals surface area contributed by atoms with Gasteiger partial charge in [-0.2, -0.15) is 0 Å². The molecule has 0 spiro atoms. The summed E-state index contributed by atoms with van der Waals surface area (Å²) >= 11 is 0. The molecule has 70 valence electrons. The third kappa shape index (κ3) is 2.37. The maximum absolute atomic E-state index is 12.2. The van der Waals surface area contributed by atoms with Crippen molar-refractivity contribution in [2.45, 2.75) is 6.92 Å². The minimum atomic E-state index is -4.87. The fraction of sp³-hybridized carbons (Fsp3) is 0.111. The molecular formula is C9H9BF3-. The zero-order valence-corrected chi connectivity index (χ0v) is 7.23. The second-order valence-corrected chi connectivity index (χ2v) is 2.98. The van der Waals surface area contributed by atoms with Crippen LogP contribution in [0.15, 0.2) is 30.8 Å². The van der Waals surface area contributed by atoms with Gasteiger partial charge in [0, 0.05) is 0 Å². The Kier molecular flexibility index (Phi) is 2.50. The first-order valence-electron chi connectivity index (χ1n) is 3.87. The molecule has 0 N–H and O–H groups in total. The molecule has 1 aromatic rings. The quantitative estimate of drug-likeness (QED) is 0.621. The van der Waals surface area contributed by atoms with Gasteiger partial charge in [0.25, 0.3) is 0 Å². The molecule has 0 atom stereocenters. The monoisotopic (exact) mass is 185 g/mol. The van der Waals surface area contributed by atoms with E-state index in [1.54, 1.807) is 6.92 Å². The van der Waals surface area contributed by atoms with Crippen molar-refractivity contribution >= 4 is 18.0 Å². The molecule has 4 heteroatoms. The number of rotatable bonds is 2. The van der Waals surface area contributed by atoms with Gasteiger partial charge in [-0.05, 0) is 12.5 Å². The lowest BCUT2D eigenvalue weighted by Gasteiger charge is -2.14. The highest BCUT2D eigenvalue weighted by Crippen LogP contribution is 2.13. The minimum absolute atomic E-state index is 0.565. The van der Waals surface area contributed by atoms with Gasteiger partial charge in [-0.25, -0.2) is 0 Å². The van der Waals surface area contributed by atoms with Gasteiger partial charge in [-0.15, -0.1) is 5.46 Å². The summed E-state index contributed by atoms with van der Waals surface area (Å²) in [5, 5.41) is 0. The molecule has 0 radical (unpaired) electrons. The molecule has 0 aliphatic carbocycles. The van der Waals surface area contributed by atoms with E-state index in [1.807, 2.05) is 0 Å². The van der Waals surface area contributed by atoms with E-state index in [1.165, 1.54) is 12.1 Å². The van der Waals surface area contributed by atoms with Crippen LogP contribution in [0, 0.1) is 0 Å². The van der Waals surface area contributed by atoms with Gasteiger partial charge in [-0.3, -0.25) is 0 Å². The SMILES string of the molecule is C=C(C)c1ccc([B-](F)(F)F)cc1. The Morgan fingerprint density at radius 2 is 1.62 bits per heavy atom. The van der Waals surface area contributed by atoms with Crippen LogP contribution in [0.4, 0.5) is 12.9 Å². The van der Waals surface area contributed by atoms with E-state index in [2.05, 4.69) is 6.58 Å². The Labute approximate surface area is 75.1 Å². The van der Waals surface area contributed by atoms with Crippen LogP contribution < -0.4 is 5.46 Å². The highest BCUT2D eigenvalue weighted by Gasteiger charge is 2.24. The van der Waals surface area contributed by atoms with Crippen molar-refractivity contribution in [2.75, 3.05) is 0 Å². The summed E-state index contributed by atoms with van der Waals surface area (Å²) in [5.74, 6) is 0. The predicted octanol–water partition coefficient (Wildman–Crippen LogP) is 2.77. The van der Waals surface area contributed by atoms with Gasteiger partial charge in [-0.1, -0.05) is 36.4 Å². The molecule has 0 amide bonds. The summed E-state index contributed by atoms with van der Waals surface area (Å²) in [6, 6.07) is 5.05. The minimum Gasteiger partial charge on any atom is -0.445 e. The smallest absolute Gasteiger partial charge is 0.445 e. The van der Waals surface area contributed by atoms with E-state index in [0.29, 0.717) is 0 Å². The Hall–Kier alpha value is -1.19. The highest BCUT2D eigenvalue weighted by atomic mass is 19.4. The second kappa shape index (κ2) is 3.28. The van der Waals surface area contributed by atoms with Crippen molar-refractivity contribution in [3.63, 3.8) is 0 Å². The molecule has 0 saturated heterocycles. The molecule has 1 rings (SSSR count). The second-order valence-electron chi connectivity index (χ2n) is 2.98. The van der Waals surface area contributed by atoms with Crippen LogP contribution in [-0.2, 0) is 0 Å². The maximum atomic E-state index is 12.2. The fourth-order valence-electron chi connectivity index (χ4n) is 0.986. The average Bonchev–Trinajstić information content (AvgIpc) is 2.03. The maximum Gasteiger partial charge on any atom is 0.509 e. The van der Waals surface area contributed by atoms with Crippen LogP contribution in [0.3, 0.4) is 0 Å². The number of allylic oxidation sites excluding steroid dienone is 1. The van der Waals surface area contributed by atoms with E-state index in [-0.39, 0.29) is 0 Å². The Bertz CT molecular complexity index is 311.